The van der Waals surface area contributed by atoms with Crippen molar-refractivity contribution < 1.29 is 18.3 Å². The Morgan fingerprint density at radius 3 is 2.67 bits per heavy atom. The van der Waals surface area contributed by atoms with Gasteiger partial charge in [0.15, 0.2) is 11.5 Å². The fourth-order valence-electron chi connectivity index (χ4n) is 2.85. The van der Waals surface area contributed by atoms with E-state index in [1.807, 2.05) is 24.3 Å². The summed E-state index contributed by atoms with van der Waals surface area (Å²) in [5, 5.41) is 1.96. The highest BCUT2D eigenvalue weighted by Crippen LogP contribution is 2.40. The number of methoxy groups -OCH3 is 1. The number of aromatic nitrogens is 2. The molecule has 0 bridgehead atoms. The second-order valence-corrected chi connectivity index (χ2v) is 7.29. The zero-order chi connectivity index (χ0) is 18.8. The van der Waals surface area contributed by atoms with Crippen LogP contribution in [0.25, 0.3) is 10.9 Å². The van der Waals surface area contributed by atoms with Crippen LogP contribution in [-0.2, 0) is 5.75 Å². The number of fused-ring (bicyclic) bond motifs is 1. The van der Waals surface area contributed by atoms with Crippen LogP contribution in [0.4, 0.5) is 8.78 Å². The molecule has 0 unspecified atom stereocenters. The fourth-order valence-corrected chi connectivity index (χ4v) is 3.81. The molecule has 0 radical (unpaired) electrons. The maximum atomic E-state index is 12.5. The zero-order valence-electron chi connectivity index (χ0n) is 14.7. The van der Waals surface area contributed by atoms with Crippen molar-refractivity contribution in [2.45, 2.75) is 36.1 Å². The van der Waals surface area contributed by atoms with Crippen LogP contribution in [0.2, 0.25) is 0 Å². The molecule has 2 aromatic carbocycles. The molecule has 1 aromatic heterocycles. The van der Waals surface area contributed by atoms with Gasteiger partial charge in [0.25, 0.3) is 0 Å². The molecule has 4 nitrogen and oxygen atoms in total. The van der Waals surface area contributed by atoms with Crippen LogP contribution in [0, 0.1) is 0 Å². The molecule has 1 saturated carbocycles. The number of thioether (sulfide) groups is 1. The van der Waals surface area contributed by atoms with Crippen molar-refractivity contribution in [1.29, 1.82) is 0 Å². The molecular formula is C20H18F2N2O2S. The topological polar surface area (TPSA) is 44.2 Å². The molecule has 4 rings (SSSR count). The number of halogens is 2. The standard InChI is InChI=1S/C20H18F2N2O2S/c1-25-17-10-12(6-9-16(17)26-20(21)22)11-27-19-14-4-2-3-5-15(14)23-18(24-19)13-7-8-13/h2-6,9-10,13,20H,7-8,11H2,1H3. The number of hydrogen-bond donors (Lipinski definition) is 0. The third-order valence-corrected chi connectivity index (χ3v) is 5.41. The minimum Gasteiger partial charge on any atom is -0.493 e. The lowest BCUT2D eigenvalue weighted by Crippen LogP contribution is -2.03. The van der Waals surface area contributed by atoms with Crippen molar-refractivity contribution in [3.8, 4) is 11.5 Å². The van der Waals surface area contributed by atoms with Gasteiger partial charge in [0, 0.05) is 17.1 Å². The smallest absolute Gasteiger partial charge is 0.387 e. The summed E-state index contributed by atoms with van der Waals surface area (Å²) in [5.41, 5.74) is 1.89. The zero-order valence-corrected chi connectivity index (χ0v) is 15.5. The lowest BCUT2D eigenvalue weighted by molar-refractivity contribution is -0.0512. The van der Waals surface area contributed by atoms with Crippen molar-refractivity contribution >= 4 is 22.7 Å². The summed E-state index contributed by atoms with van der Waals surface area (Å²) in [4.78, 5) is 9.46. The van der Waals surface area contributed by atoms with Gasteiger partial charge in [0.1, 0.15) is 10.9 Å². The molecule has 0 spiro atoms. The maximum absolute atomic E-state index is 12.5. The Morgan fingerprint density at radius 1 is 1.11 bits per heavy atom. The van der Waals surface area contributed by atoms with Crippen molar-refractivity contribution in [2.24, 2.45) is 0 Å². The number of hydrogen-bond acceptors (Lipinski definition) is 5. The van der Waals surface area contributed by atoms with Gasteiger partial charge in [-0.2, -0.15) is 8.78 Å². The summed E-state index contributed by atoms with van der Waals surface area (Å²) >= 11 is 1.61. The molecule has 0 saturated heterocycles. The number of para-hydroxylation sites is 1. The first-order valence-electron chi connectivity index (χ1n) is 8.65. The van der Waals surface area contributed by atoms with Gasteiger partial charge >= 0.3 is 6.61 Å². The number of nitrogens with zero attached hydrogens (tertiary/aromatic N) is 2. The molecular weight excluding hydrogens is 370 g/mol. The van der Waals surface area contributed by atoms with Crippen LogP contribution in [0.5, 0.6) is 11.5 Å². The van der Waals surface area contributed by atoms with Crippen molar-refractivity contribution in [3.63, 3.8) is 0 Å². The maximum Gasteiger partial charge on any atom is 0.387 e. The quantitative estimate of drug-likeness (QED) is 0.400. The molecule has 3 aromatic rings. The summed E-state index contributed by atoms with van der Waals surface area (Å²) in [7, 11) is 1.43. The molecule has 7 heteroatoms. The number of benzene rings is 2. The van der Waals surface area contributed by atoms with E-state index in [2.05, 4.69) is 9.72 Å². The normalized spacial score (nSPS) is 13.9. The predicted molar refractivity (Wildman–Crippen MR) is 101 cm³/mol. The van der Waals surface area contributed by atoms with E-state index < -0.39 is 6.61 Å². The Balaban J connectivity index is 1.58. The molecule has 1 fully saturated rings. The minimum absolute atomic E-state index is 0.0322. The number of ether oxygens (including phenoxy) is 2. The van der Waals surface area contributed by atoms with Crippen LogP contribution in [-0.4, -0.2) is 23.7 Å². The van der Waals surface area contributed by atoms with Crippen LogP contribution in [0.1, 0.15) is 30.1 Å². The number of alkyl halides is 2. The second-order valence-electron chi connectivity index (χ2n) is 6.33. The van der Waals surface area contributed by atoms with E-state index in [0.717, 1.165) is 40.2 Å². The molecule has 0 atom stereocenters. The molecule has 0 N–H and O–H groups in total. The van der Waals surface area contributed by atoms with Gasteiger partial charge in [-0.15, -0.1) is 11.8 Å². The summed E-state index contributed by atoms with van der Waals surface area (Å²) in [5.74, 6) is 2.34. The van der Waals surface area contributed by atoms with E-state index in [1.54, 1.807) is 23.9 Å². The van der Waals surface area contributed by atoms with Gasteiger partial charge in [-0.3, -0.25) is 0 Å². The fraction of sp³-hybridized carbons (Fsp3) is 0.300. The Kier molecular flexibility index (Phi) is 5.11. The highest BCUT2D eigenvalue weighted by atomic mass is 32.2. The van der Waals surface area contributed by atoms with Gasteiger partial charge in [0.2, 0.25) is 0 Å². The lowest BCUT2D eigenvalue weighted by Gasteiger charge is -2.12. The third kappa shape index (κ3) is 4.13. The molecule has 1 heterocycles. The number of rotatable bonds is 7. The van der Waals surface area contributed by atoms with Crippen LogP contribution < -0.4 is 9.47 Å². The molecule has 27 heavy (non-hydrogen) atoms. The average Bonchev–Trinajstić information content (AvgIpc) is 3.51. The van der Waals surface area contributed by atoms with Crippen LogP contribution in [0.15, 0.2) is 47.5 Å². The van der Waals surface area contributed by atoms with E-state index in [9.17, 15) is 8.78 Å². The van der Waals surface area contributed by atoms with E-state index in [-0.39, 0.29) is 5.75 Å². The molecule has 140 valence electrons. The van der Waals surface area contributed by atoms with E-state index >= 15 is 0 Å². The lowest BCUT2D eigenvalue weighted by atomic mass is 10.2. The first kappa shape index (κ1) is 18.0. The molecule has 0 amide bonds. The monoisotopic (exact) mass is 388 g/mol. The summed E-state index contributed by atoms with van der Waals surface area (Å²) in [6.07, 6.45) is 2.29. The largest absolute Gasteiger partial charge is 0.493 e. The molecule has 1 aliphatic rings. The Morgan fingerprint density at radius 2 is 1.93 bits per heavy atom. The van der Waals surface area contributed by atoms with Crippen LogP contribution >= 0.6 is 11.8 Å². The second kappa shape index (κ2) is 7.68. The average molecular weight is 388 g/mol. The van der Waals surface area contributed by atoms with Gasteiger partial charge in [-0.05, 0) is 36.6 Å². The van der Waals surface area contributed by atoms with E-state index in [0.29, 0.717) is 17.4 Å². The van der Waals surface area contributed by atoms with Gasteiger partial charge in [0.05, 0.1) is 12.6 Å². The highest BCUT2D eigenvalue weighted by molar-refractivity contribution is 7.98. The predicted octanol–water partition coefficient (Wildman–Crippen LogP) is 5.41. The Bertz CT molecular complexity index is 964. The highest BCUT2D eigenvalue weighted by Gasteiger charge is 2.27. The Hall–Kier alpha value is -2.41. The first-order valence-corrected chi connectivity index (χ1v) is 9.64. The minimum atomic E-state index is -2.88. The van der Waals surface area contributed by atoms with Gasteiger partial charge in [-0.25, -0.2) is 9.97 Å². The molecule has 0 aliphatic heterocycles. The van der Waals surface area contributed by atoms with Crippen molar-refractivity contribution in [1.82, 2.24) is 9.97 Å². The first-order chi connectivity index (χ1) is 13.1. The van der Waals surface area contributed by atoms with E-state index in [4.69, 9.17) is 9.72 Å². The van der Waals surface area contributed by atoms with Gasteiger partial charge < -0.3 is 9.47 Å². The van der Waals surface area contributed by atoms with E-state index in [1.165, 1.54) is 13.2 Å². The van der Waals surface area contributed by atoms with Crippen LogP contribution in [0.3, 0.4) is 0 Å². The summed E-state index contributed by atoms with van der Waals surface area (Å²) < 4.78 is 34.6. The third-order valence-electron chi connectivity index (χ3n) is 4.35. The Labute approximate surface area is 159 Å². The SMILES string of the molecule is COc1cc(CSc2nc(C3CC3)nc3ccccc23)ccc1OC(F)F. The van der Waals surface area contributed by atoms with Crippen molar-refractivity contribution in [3.05, 3.63) is 53.9 Å². The summed E-state index contributed by atoms with van der Waals surface area (Å²) in [6, 6.07) is 13.0. The molecule has 1 aliphatic carbocycles. The van der Waals surface area contributed by atoms with Gasteiger partial charge in [-0.1, -0.05) is 24.3 Å². The summed E-state index contributed by atoms with van der Waals surface area (Å²) in [6.45, 7) is -2.88. The van der Waals surface area contributed by atoms with Crippen molar-refractivity contribution in [2.75, 3.05) is 7.11 Å².